The van der Waals surface area contributed by atoms with Crippen molar-refractivity contribution in [2.24, 2.45) is 5.92 Å². The minimum atomic E-state index is -0.572. The molecule has 2 aliphatic rings. The summed E-state index contributed by atoms with van der Waals surface area (Å²) in [5.74, 6) is 1.25. The number of amides is 2. The molecule has 0 bridgehead atoms. The number of carbonyl (C=O) groups is 2. The van der Waals surface area contributed by atoms with Crippen LogP contribution in [0.2, 0.25) is 0 Å². The molecular formula is C21H29N5O3S. The van der Waals surface area contributed by atoms with Gasteiger partial charge in [-0.2, -0.15) is 4.98 Å². The van der Waals surface area contributed by atoms with Gasteiger partial charge in [0.1, 0.15) is 17.3 Å². The second kappa shape index (κ2) is 8.85. The van der Waals surface area contributed by atoms with Gasteiger partial charge in [0, 0.05) is 43.5 Å². The van der Waals surface area contributed by atoms with Gasteiger partial charge in [-0.3, -0.25) is 14.5 Å². The van der Waals surface area contributed by atoms with E-state index in [-0.39, 0.29) is 5.92 Å². The summed E-state index contributed by atoms with van der Waals surface area (Å²) >= 11 is 1.61. The highest BCUT2D eigenvalue weighted by molar-refractivity contribution is 7.18. The number of piperazine rings is 1. The van der Waals surface area contributed by atoms with Gasteiger partial charge in [-0.05, 0) is 32.3 Å². The molecule has 30 heavy (non-hydrogen) atoms. The maximum absolute atomic E-state index is 12.6. The highest BCUT2D eigenvalue weighted by atomic mass is 32.1. The van der Waals surface area contributed by atoms with E-state index in [1.165, 1.54) is 9.78 Å². The number of aryl methyl sites for hydroxylation is 1. The van der Waals surface area contributed by atoms with Crippen LogP contribution in [-0.2, 0) is 16.0 Å². The van der Waals surface area contributed by atoms with Crippen molar-refractivity contribution in [1.82, 2.24) is 14.9 Å². The predicted octanol–water partition coefficient (Wildman–Crippen LogP) is 2.05. The molecule has 0 unspecified atom stereocenters. The molecule has 0 aromatic carbocycles. The normalized spacial score (nSPS) is 17.3. The Morgan fingerprint density at radius 1 is 1.20 bits per heavy atom. The number of rotatable bonds is 6. The monoisotopic (exact) mass is 431 g/mol. The maximum atomic E-state index is 12.6. The second-order valence-electron chi connectivity index (χ2n) is 7.87. The van der Waals surface area contributed by atoms with Gasteiger partial charge in [0.05, 0.1) is 5.39 Å². The topological polar surface area (TPSA) is 89.9 Å². The van der Waals surface area contributed by atoms with Crippen LogP contribution in [0.1, 0.15) is 38.0 Å². The quantitative estimate of drug-likeness (QED) is 0.753. The summed E-state index contributed by atoms with van der Waals surface area (Å²) in [5, 5.41) is 10.3. The van der Waals surface area contributed by atoms with Gasteiger partial charge < -0.3 is 14.9 Å². The second-order valence-corrected chi connectivity index (χ2v) is 8.98. The average molecular weight is 432 g/mol. The molecule has 4 rings (SSSR count). The summed E-state index contributed by atoms with van der Waals surface area (Å²) in [4.78, 5) is 41.8. The lowest BCUT2D eigenvalue weighted by Gasteiger charge is -2.39. The average Bonchev–Trinajstić information content (AvgIpc) is 3.15. The molecule has 0 spiro atoms. The molecule has 2 amide bonds. The van der Waals surface area contributed by atoms with E-state index in [0.717, 1.165) is 41.7 Å². The van der Waals surface area contributed by atoms with E-state index in [9.17, 15) is 14.7 Å². The number of thiophene rings is 1. The van der Waals surface area contributed by atoms with Crippen LogP contribution in [0.15, 0.2) is 6.07 Å². The lowest BCUT2D eigenvalue weighted by atomic mass is 9.84. The molecule has 9 heteroatoms. The van der Waals surface area contributed by atoms with E-state index in [2.05, 4.69) is 22.9 Å². The van der Waals surface area contributed by atoms with Crippen molar-refractivity contribution in [3.8, 4) is 0 Å². The number of aliphatic hydroxyl groups excluding tert-OH is 1. The Labute approximate surface area is 180 Å². The van der Waals surface area contributed by atoms with Crippen molar-refractivity contribution in [1.29, 1.82) is 0 Å². The zero-order valence-corrected chi connectivity index (χ0v) is 18.5. The van der Waals surface area contributed by atoms with Crippen molar-refractivity contribution in [2.75, 3.05) is 49.1 Å². The molecule has 1 aliphatic carbocycles. The summed E-state index contributed by atoms with van der Waals surface area (Å²) in [6.45, 7) is 6.57. The van der Waals surface area contributed by atoms with E-state index in [1.807, 2.05) is 11.8 Å². The van der Waals surface area contributed by atoms with E-state index < -0.39 is 12.5 Å². The van der Waals surface area contributed by atoms with Crippen LogP contribution < -0.4 is 9.80 Å². The van der Waals surface area contributed by atoms with Crippen LogP contribution in [0.4, 0.5) is 11.8 Å². The van der Waals surface area contributed by atoms with Crippen molar-refractivity contribution >= 4 is 45.1 Å². The number of hydrogen-bond acceptors (Lipinski definition) is 7. The Morgan fingerprint density at radius 2 is 1.93 bits per heavy atom. The van der Waals surface area contributed by atoms with E-state index in [0.29, 0.717) is 44.6 Å². The van der Waals surface area contributed by atoms with Gasteiger partial charge in [0.25, 0.3) is 5.91 Å². The molecule has 1 saturated carbocycles. The SMILES string of the molecule is CCc1cc2c(N3CCN(C(=O)C4CCC4)CC3)nc(N(CC)C(=O)CO)nc2s1. The minimum absolute atomic E-state index is 0.223. The molecule has 2 aromatic heterocycles. The molecule has 0 radical (unpaired) electrons. The fourth-order valence-corrected chi connectivity index (χ4v) is 5.00. The molecule has 3 heterocycles. The Morgan fingerprint density at radius 3 is 2.50 bits per heavy atom. The molecular weight excluding hydrogens is 402 g/mol. The molecule has 1 aliphatic heterocycles. The van der Waals surface area contributed by atoms with Crippen LogP contribution in [0.5, 0.6) is 0 Å². The maximum Gasteiger partial charge on any atom is 0.255 e. The zero-order valence-electron chi connectivity index (χ0n) is 17.6. The molecule has 1 saturated heterocycles. The van der Waals surface area contributed by atoms with E-state index in [1.54, 1.807) is 11.3 Å². The van der Waals surface area contributed by atoms with Gasteiger partial charge in [-0.15, -0.1) is 11.3 Å². The fourth-order valence-electron chi connectivity index (χ4n) is 4.05. The van der Waals surface area contributed by atoms with Crippen molar-refractivity contribution in [3.05, 3.63) is 10.9 Å². The Bertz CT molecular complexity index is 934. The highest BCUT2D eigenvalue weighted by Crippen LogP contribution is 2.34. The molecule has 162 valence electrons. The predicted molar refractivity (Wildman–Crippen MR) is 118 cm³/mol. The number of likely N-dealkylation sites (N-methyl/N-ethyl adjacent to an activating group) is 1. The van der Waals surface area contributed by atoms with E-state index in [4.69, 9.17) is 4.98 Å². The van der Waals surface area contributed by atoms with Crippen LogP contribution in [-0.4, -0.2) is 71.1 Å². The van der Waals surface area contributed by atoms with Crippen LogP contribution >= 0.6 is 11.3 Å². The zero-order chi connectivity index (χ0) is 21.3. The standard InChI is InChI=1S/C21H29N5O3S/c1-3-15-12-16-18(22-21(23-19(16)30-15)26(4-2)17(28)13-27)24-8-10-25(11-9-24)20(29)14-6-5-7-14/h12,14,27H,3-11,13H2,1-2H3. The minimum Gasteiger partial charge on any atom is -0.387 e. The van der Waals surface area contributed by atoms with Crippen molar-refractivity contribution in [3.63, 3.8) is 0 Å². The number of aliphatic hydroxyl groups is 1. The van der Waals surface area contributed by atoms with Gasteiger partial charge in [0.2, 0.25) is 11.9 Å². The summed E-state index contributed by atoms with van der Waals surface area (Å²) in [6, 6.07) is 2.13. The Kier molecular flexibility index (Phi) is 6.19. The van der Waals surface area contributed by atoms with Gasteiger partial charge in [-0.1, -0.05) is 13.3 Å². The lowest BCUT2D eigenvalue weighted by Crippen LogP contribution is -2.51. The third kappa shape index (κ3) is 3.88. The summed E-state index contributed by atoms with van der Waals surface area (Å²) in [6.07, 6.45) is 4.12. The number of aromatic nitrogens is 2. The molecule has 0 atom stereocenters. The largest absolute Gasteiger partial charge is 0.387 e. The lowest BCUT2D eigenvalue weighted by molar-refractivity contribution is -0.138. The molecule has 2 aromatic rings. The number of fused-ring (bicyclic) bond motifs is 1. The number of hydrogen-bond donors (Lipinski definition) is 1. The fraction of sp³-hybridized carbons (Fsp3) is 0.619. The number of carbonyl (C=O) groups excluding carboxylic acids is 2. The van der Waals surface area contributed by atoms with Crippen LogP contribution in [0, 0.1) is 5.92 Å². The van der Waals surface area contributed by atoms with Crippen molar-refractivity contribution in [2.45, 2.75) is 39.5 Å². The first kappa shape index (κ1) is 21.0. The molecule has 2 fully saturated rings. The first-order valence-corrected chi connectivity index (χ1v) is 11.6. The number of anilines is 2. The summed E-state index contributed by atoms with van der Waals surface area (Å²) < 4.78 is 0. The third-order valence-electron chi connectivity index (χ3n) is 6.10. The van der Waals surface area contributed by atoms with Gasteiger partial charge >= 0.3 is 0 Å². The van der Waals surface area contributed by atoms with Crippen LogP contribution in [0.25, 0.3) is 10.2 Å². The first-order chi connectivity index (χ1) is 14.5. The first-order valence-electron chi connectivity index (χ1n) is 10.8. The smallest absolute Gasteiger partial charge is 0.255 e. The summed E-state index contributed by atoms with van der Waals surface area (Å²) in [7, 11) is 0. The van der Waals surface area contributed by atoms with E-state index >= 15 is 0 Å². The third-order valence-corrected chi connectivity index (χ3v) is 7.27. The highest BCUT2D eigenvalue weighted by Gasteiger charge is 2.32. The van der Waals surface area contributed by atoms with Crippen LogP contribution in [0.3, 0.4) is 0 Å². The molecule has 1 N–H and O–H groups in total. The summed E-state index contributed by atoms with van der Waals surface area (Å²) in [5.41, 5.74) is 0. The Hall–Kier alpha value is -2.26. The van der Waals surface area contributed by atoms with Gasteiger partial charge in [0.15, 0.2) is 0 Å². The Balaban J connectivity index is 1.62. The number of nitrogens with zero attached hydrogens (tertiary/aromatic N) is 5. The molecule has 8 nitrogen and oxygen atoms in total. The van der Waals surface area contributed by atoms with Gasteiger partial charge in [-0.25, -0.2) is 4.98 Å². The van der Waals surface area contributed by atoms with Crippen molar-refractivity contribution < 1.29 is 14.7 Å².